The molecule has 0 aliphatic carbocycles. The van der Waals surface area contributed by atoms with E-state index in [1.54, 1.807) is 0 Å². The van der Waals surface area contributed by atoms with E-state index in [1.165, 1.54) is 16.8 Å². The molecule has 2 heteroatoms. The van der Waals surface area contributed by atoms with Gasteiger partial charge in [-0.05, 0) is 37.5 Å². The SMILES string of the molecule is Cc1cccc2c1OCCCC2Nc1ccccc1. The van der Waals surface area contributed by atoms with E-state index in [-0.39, 0.29) is 0 Å². The average Bonchev–Trinajstić information content (AvgIpc) is 2.64. The third kappa shape index (κ3) is 2.58. The van der Waals surface area contributed by atoms with Gasteiger partial charge in [0.15, 0.2) is 0 Å². The summed E-state index contributed by atoms with van der Waals surface area (Å²) in [7, 11) is 0. The van der Waals surface area contributed by atoms with Gasteiger partial charge in [-0.1, -0.05) is 36.4 Å². The second kappa shape index (κ2) is 5.35. The third-order valence-corrected chi connectivity index (χ3v) is 3.62. The fraction of sp³-hybridized carbons (Fsp3) is 0.294. The number of benzene rings is 2. The zero-order valence-electron chi connectivity index (χ0n) is 11.2. The quantitative estimate of drug-likeness (QED) is 0.860. The lowest BCUT2D eigenvalue weighted by molar-refractivity contribution is 0.314. The number of rotatable bonds is 2. The van der Waals surface area contributed by atoms with Crippen LogP contribution in [0.5, 0.6) is 5.75 Å². The molecule has 0 saturated heterocycles. The first-order valence-corrected chi connectivity index (χ1v) is 6.88. The number of fused-ring (bicyclic) bond motifs is 1. The van der Waals surface area contributed by atoms with Crippen LogP contribution in [0, 0.1) is 6.92 Å². The van der Waals surface area contributed by atoms with Crippen molar-refractivity contribution in [3.63, 3.8) is 0 Å². The Hall–Kier alpha value is -1.96. The summed E-state index contributed by atoms with van der Waals surface area (Å²) in [5.74, 6) is 1.06. The van der Waals surface area contributed by atoms with Gasteiger partial charge in [-0.25, -0.2) is 0 Å². The summed E-state index contributed by atoms with van der Waals surface area (Å²) in [5.41, 5.74) is 3.67. The molecule has 0 fully saturated rings. The van der Waals surface area contributed by atoms with Gasteiger partial charge in [0.05, 0.1) is 12.6 Å². The molecule has 1 heterocycles. The molecule has 0 bridgehead atoms. The molecule has 3 rings (SSSR count). The average molecular weight is 253 g/mol. The van der Waals surface area contributed by atoms with Crippen LogP contribution >= 0.6 is 0 Å². The highest BCUT2D eigenvalue weighted by atomic mass is 16.5. The van der Waals surface area contributed by atoms with Crippen molar-refractivity contribution >= 4 is 5.69 Å². The maximum Gasteiger partial charge on any atom is 0.127 e. The normalized spacial score (nSPS) is 18.1. The van der Waals surface area contributed by atoms with Gasteiger partial charge in [-0.3, -0.25) is 0 Å². The predicted molar refractivity (Wildman–Crippen MR) is 78.7 cm³/mol. The Bertz CT molecular complexity index is 550. The summed E-state index contributed by atoms with van der Waals surface area (Å²) in [6.07, 6.45) is 2.18. The Kier molecular flexibility index (Phi) is 3.41. The van der Waals surface area contributed by atoms with Crippen LogP contribution in [-0.4, -0.2) is 6.61 Å². The standard InChI is InChI=1S/C17H19NO/c1-13-7-5-10-15-16(11-6-12-19-17(13)15)18-14-8-3-2-4-9-14/h2-5,7-10,16,18H,6,11-12H2,1H3. The largest absolute Gasteiger partial charge is 0.493 e. The van der Waals surface area contributed by atoms with E-state index in [4.69, 9.17) is 4.74 Å². The highest BCUT2D eigenvalue weighted by molar-refractivity contribution is 5.50. The number of anilines is 1. The topological polar surface area (TPSA) is 21.3 Å². The Morgan fingerprint density at radius 2 is 1.89 bits per heavy atom. The maximum absolute atomic E-state index is 5.91. The smallest absolute Gasteiger partial charge is 0.127 e. The van der Waals surface area contributed by atoms with Gasteiger partial charge in [0, 0.05) is 11.3 Å². The maximum atomic E-state index is 5.91. The van der Waals surface area contributed by atoms with Crippen LogP contribution in [-0.2, 0) is 0 Å². The molecule has 1 aliphatic heterocycles. The number of ether oxygens (including phenoxy) is 1. The lowest BCUT2D eigenvalue weighted by Gasteiger charge is -2.20. The van der Waals surface area contributed by atoms with Crippen LogP contribution in [0.15, 0.2) is 48.5 Å². The highest BCUT2D eigenvalue weighted by Gasteiger charge is 2.20. The molecular weight excluding hydrogens is 234 g/mol. The zero-order valence-corrected chi connectivity index (χ0v) is 11.2. The number of para-hydroxylation sites is 2. The first kappa shape index (κ1) is 12.1. The lowest BCUT2D eigenvalue weighted by atomic mass is 9.99. The van der Waals surface area contributed by atoms with Crippen molar-refractivity contribution in [3.8, 4) is 5.75 Å². The van der Waals surface area contributed by atoms with Gasteiger partial charge in [0.25, 0.3) is 0 Å². The number of nitrogens with one attached hydrogen (secondary N) is 1. The molecule has 19 heavy (non-hydrogen) atoms. The Balaban J connectivity index is 1.92. The van der Waals surface area contributed by atoms with E-state index in [9.17, 15) is 0 Å². The Morgan fingerprint density at radius 3 is 2.74 bits per heavy atom. The van der Waals surface area contributed by atoms with Crippen LogP contribution in [0.25, 0.3) is 0 Å². The summed E-state index contributed by atoms with van der Waals surface area (Å²) in [6.45, 7) is 2.93. The van der Waals surface area contributed by atoms with Gasteiger partial charge in [0.1, 0.15) is 5.75 Å². The van der Waals surface area contributed by atoms with E-state index in [0.717, 1.165) is 25.2 Å². The van der Waals surface area contributed by atoms with Crippen LogP contribution < -0.4 is 10.1 Å². The van der Waals surface area contributed by atoms with Gasteiger partial charge >= 0.3 is 0 Å². The van der Waals surface area contributed by atoms with Crippen LogP contribution in [0.2, 0.25) is 0 Å². The second-order valence-corrected chi connectivity index (χ2v) is 5.05. The fourth-order valence-corrected chi connectivity index (χ4v) is 2.65. The Morgan fingerprint density at radius 1 is 1.05 bits per heavy atom. The number of hydrogen-bond acceptors (Lipinski definition) is 2. The van der Waals surface area contributed by atoms with Gasteiger partial charge in [-0.15, -0.1) is 0 Å². The first-order valence-electron chi connectivity index (χ1n) is 6.88. The summed E-state index contributed by atoms with van der Waals surface area (Å²) in [4.78, 5) is 0. The minimum atomic E-state index is 0.333. The van der Waals surface area contributed by atoms with Crippen molar-refractivity contribution in [2.75, 3.05) is 11.9 Å². The molecule has 1 unspecified atom stereocenters. The van der Waals surface area contributed by atoms with E-state index in [2.05, 4.69) is 54.7 Å². The van der Waals surface area contributed by atoms with Crippen molar-refractivity contribution in [1.82, 2.24) is 0 Å². The van der Waals surface area contributed by atoms with Gasteiger partial charge in [0.2, 0.25) is 0 Å². The molecule has 0 radical (unpaired) electrons. The molecule has 98 valence electrons. The third-order valence-electron chi connectivity index (χ3n) is 3.62. The molecular formula is C17H19NO. The zero-order chi connectivity index (χ0) is 13.1. The molecule has 1 atom stereocenters. The first-order chi connectivity index (χ1) is 9.34. The van der Waals surface area contributed by atoms with Gasteiger partial charge in [-0.2, -0.15) is 0 Å². The minimum absolute atomic E-state index is 0.333. The van der Waals surface area contributed by atoms with Crippen molar-refractivity contribution in [2.45, 2.75) is 25.8 Å². The second-order valence-electron chi connectivity index (χ2n) is 5.05. The molecule has 2 nitrogen and oxygen atoms in total. The molecule has 0 saturated carbocycles. The molecule has 1 N–H and O–H groups in total. The summed E-state index contributed by atoms with van der Waals surface area (Å²) in [6, 6.07) is 17.1. The highest BCUT2D eigenvalue weighted by Crippen LogP contribution is 2.35. The van der Waals surface area contributed by atoms with E-state index >= 15 is 0 Å². The minimum Gasteiger partial charge on any atom is -0.493 e. The van der Waals surface area contributed by atoms with Crippen LogP contribution in [0.4, 0.5) is 5.69 Å². The van der Waals surface area contributed by atoms with Crippen LogP contribution in [0.1, 0.15) is 30.0 Å². The van der Waals surface area contributed by atoms with Gasteiger partial charge < -0.3 is 10.1 Å². The molecule has 2 aromatic carbocycles. The number of hydrogen-bond donors (Lipinski definition) is 1. The van der Waals surface area contributed by atoms with E-state index < -0.39 is 0 Å². The summed E-state index contributed by atoms with van der Waals surface area (Å²) < 4.78 is 5.91. The van der Waals surface area contributed by atoms with E-state index in [1.807, 2.05) is 6.07 Å². The molecule has 0 amide bonds. The van der Waals surface area contributed by atoms with Crippen LogP contribution in [0.3, 0.4) is 0 Å². The van der Waals surface area contributed by atoms with Crippen molar-refractivity contribution in [2.24, 2.45) is 0 Å². The molecule has 1 aliphatic rings. The fourth-order valence-electron chi connectivity index (χ4n) is 2.65. The lowest BCUT2D eigenvalue weighted by Crippen LogP contribution is -2.10. The summed E-state index contributed by atoms with van der Waals surface area (Å²) >= 11 is 0. The number of aryl methyl sites for hydroxylation is 1. The monoisotopic (exact) mass is 253 g/mol. The van der Waals surface area contributed by atoms with Crippen molar-refractivity contribution in [1.29, 1.82) is 0 Å². The van der Waals surface area contributed by atoms with Crippen molar-refractivity contribution in [3.05, 3.63) is 59.7 Å². The Labute approximate surface area is 114 Å². The molecule has 2 aromatic rings. The van der Waals surface area contributed by atoms with Crippen molar-refractivity contribution < 1.29 is 4.74 Å². The van der Waals surface area contributed by atoms with E-state index in [0.29, 0.717) is 6.04 Å². The predicted octanol–water partition coefficient (Wildman–Crippen LogP) is 4.32. The molecule has 0 spiro atoms. The molecule has 0 aromatic heterocycles. The summed E-state index contributed by atoms with van der Waals surface area (Å²) in [5, 5.41) is 3.62.